The van der Waals surface area contributed by atoms with Gasteiger partial charge in [0.15, 0.2) is 0 Å². The second-order valence-corrected chi connectivity index (χ2v) is 11.2. The molecule has 0 aliphatic heterocycles. The first kappa shape index (κ1) is 29.5. The van der Waals surface area contributed by atoms with Gasteiger partial charge >= 0.3 is 5.97 Å². The van der Waals surface area contributed by atoms with Crippen molar-refractivity contribution in [2.24, 2.45) is 5.41 Å². The Hall–Kier alpha value is -3.48. The number of rotatable bonds is 9. The zero-order chi connectivity index (χ0) is 28.7. The fourth-order valence-electron chi connectivity index (χ4n) is 5.21. The molecule has 2 saturated carbocycles. The molecule has 40 heavy (non-hydrogen) atoms. The summed E-state index contributed by atoms with van der Waals surface area (Å²) in [5, 5.41) is 0. The van der Waals surface area contributed by atoms with Crippen molar-refractivity contribution < 1.29 is 27.8 Å². The molecule has 5 nitrogen and oxygen atoms in total. The number of nitrogens with zero attached hydrogens (tertiary/aromatic N) is 1. The van der Waals surface area contributed by atoms with Gasteiger partial charge in [-0.05, 0) is 71.6 Å². The van der Waals surface area contributed by atoms with E-state index in [1.54, 1.807) is 6.07 Å². The van der Waals surface area contributed by atoms with Crippen LogP contribution in [0.3, 0.4) is 0 Å². The zero-order valence-electron chi connectivity index (χ0n) is 23.9. The Morgan fingerprint density at radius 3 is 2.42 bits per heavy atom. The van der Waals surface area contributed by atoms with E-state index in [0.717, 1.165) is 36.6 Å². The normalized spacial score (nSPS) is 17.0. The summed E-state index contributed by atoms with van der Waals surface area (Å²) in [6, 6.07) is 12.1. The summed E-state index contributed by atoms with van der Waals surface area (Å²) >= 11 is 0. The highest BCUT2D eigenvalue weighted by Gasteiger charge is 2.37. The fraction of sp³-hybridized carbons (Fsp3) is 0.455. The van der Waals surface area contributed by atoms with Crippen LogP contribution in [0.25, 0.3) is 11.1 Å². The van der Waals surface area contributed by atoms with Gasteiger partial charge in [0, 0.05) is 23.6 Å². The van der Waals surface area contributed by atoms with Crippen LogP contribution in [0.1, 0.15) is 81.4 Å². The molecular formula is C33H39F2NO4. The van der Waals surface area contributed by atoms with E-state index in [-0.39, 0.29) is 41.8 Å². The molecule has 7 heteroatoms. The molecule has 1 unspecified atom stereocenters. The van der Waals surface area contributed by atoms with E-state index in [0.29, 0.717) is 23.3 Å². The minimum Gasteiger partial charge on any atom is -0.489 e. The Labute approximate surface area is 235 Å². The lowest BCUT2D eigenvalue weighted by Gasteiger charge is -2.30. The number of carbonyl (C=O) groups excluding carboxylic acids is 1. The van der Waals surface area contributed by atoms with Gasteiger partial charge in [-0.25, -0.2) is 13.8 Å². The van der Waals surface area contributed by atoms with Crippen LogP contribution in [-0.2, 0) is 22.6 Å². The predicted octanol–water partition coefficient (Wildman–Crippen LogP) is 8.18. The number of pyridine rings is 1. The molecule has 1 heterocycles. The van der Waals surface area contributed by atoms with E-state index < -0.39 is 11.6 Å². The number of ether oxygens (including phenoxy) is 3. The minimum atomic E-state index is -0.523. The van der Waals surface area contributed by atoms with E-state index in [9.17, 15) is 9.18 Å². The van der Waals surface area contributed by atoms with Gasteiger partial charge in [0.25, 0.3) is 0 Å². The SMILES string of the molecule is C1CC1.COC(=O)CCc1cccc(OCc2cc(C3CCCC3(C)C)c(-c3cc(OC)ncc3F)cc2F)c1. The van der Waals surface area contributed by atoms with E-state index in [4.69, 9.17) is 14.2 Å². The number of methoxy groups -OCH3 is 2. The van der Waals surface area contributed by atoms with Crippen molar-refractivity contribution >= 4 is 5.97 Å². The van der Waals surface area contributed by atoms with Crippen molar-refractivity contribution in [3.63, 3.8) is 0 Å². The highest BCUT2D eigenvalue weighted by molar-refractivity contribution is 5.71. The summed E-state index contributed by atoms with van der Waals surface area (Å²) in [6.07, 6.45) is 9.45. The summed E-state index contributed by atoms with van der Waals surface area (Å²) in [5.74, 6) is -0.274. The molecular weight excluding hydrogens is 512 g/mol. The van der Waals surface area contributed by atoms with Gasteiger partial charge in [-0.1, -0.05) is 51.7 Å². The topological polar surface area (TPSA) is 57.7 Å². The molecule has 0 N–H and O–H groups in total. The molecule has 0 saturated heterocycles. The van der Waals surface area contributed by atoms with Gasteiger partial charge in [-0.2, -0.15) is 0 Å². The van der Waals surface area contributed by atoms with Crippen LogP contribution in [0.4, 0.5) is 8.78 Å². The first-order valence-electron chi connectivity index (χ1n) is 14.0. The van der Waals surface area contributed by atoms with Gasteiger partial charge in [0.05, 0.1) is 20.4 Å². The molecule has 2 aliphatic rings. The summed E-state index contributed by atoms with van der Waals surface area (Å²) in [4.78, 5) is 15.4. The quantitative estimate of drug-likeness (QED) is 0.251. The average Bonchev–Trinajstić information content (AvgIpc) is 3.80. The van der Waals surface area contributed by atoms with Gasteiger partial charge < -0.3 is 14.2 Å². The number of benzene rings is 2. The maximum absolute atomic E-state index is 15.4. The van der Waals surface area contributed by atoms with Gasteiger partial charge in [0.2, 0.25) is 5.88 Å². The highest BCUT2D eigenvalue weighted by Crippen LogP contribution is 2.51. The van der Waals surface area contributed by atoms with Crippen molar-refractivity contribution in [3.8, 4) is 22.8 Å². The monoisotopic (exact) mass is 551 g/mol. The molecule has 1 aromatic heterocycles. The van der Waals surface area contributed by atoms with Gasteiger partial charge in [0.1, 0.15) is 24.0 Å². The van der Waals surface area contributed by atoms with Crippen molar-refractivity contribution in [2.75, 3.05) is 14.2 Å². The van der Waals surface area contributed by atoms with Crippen molar-refractivity contribution in [3.05, 3.63) is 77.0 Å². The maximum atomic E-state index is 15.4. The Bertz CT molecular complexity index is 1320. The van der Waals surface area contributed by atoms with Gasteiger partial charge in [-0.15, -0.1) is 0 Å². The number of aryl methyl sites for hydroxylation is 1. The van der Waals surface area contributed by atoms with Crippen LogP contribution in [0, 0.1) is 17.0 Å². The Morgan fingerprint density at radius 1 is 1.00 bits per heavy atom. The molecule has 0 radical (unpaired) electrons. The average molecular weight is 552 g/mol. The summed E-state index contributed by atoms with van der Waals surface area (Å²) in [6.45, 7) is 4.43. The molecule has 2 aliphatic carbocycles. The Morgan fingerprint density at radius 2 is 1.77 bits per heavy atom. The van der Waals surface area contributed by atoms with Crippen LogP contribution < -0.4 is 9.47 Å². The molecule has 0 amide bonds. The number of carbonyl (C=O) groups is 1. The maximum Gasteiger partial charge on any atom is 0.305 e. The third kappa shape index (κ3) is 7.58. The summed E-state index contributed by atoms with van der Waals surface area (Å²) in [7, 11) is 2.83. The molecule has 0 spiro atoms. The molecule has 3 aromatic rings. The van der Waals surface area contributed by atoms with Gasteiger partial charge in [-0.3, -0.25) is 4.79 Å². The number of halogens is 2. The van der Waals surface area contributed by atoms with Crippen LogP contribution >= 0.6 is 0 Å². The number of esters is 1. The summed E-state index contributed by atoms with van der Waals surface area (Å²) in [5.41, 5.74) is 3.02. The third-order valence-corrected chi connectivity index (χ3v) is 7.67. The van der Waals surface area contributed by atoms with Crippen LogP contribution in [0.2, 0.25) is 0 Å². The first-order valence-corrected chi connectivity index (χ1v) is 14.0. The smallest absolute Gasteiger partial charge is 0.305 e. The van der Waals surface area contributed by atoms with Crippen molar-refractivity contribution in [1.82, 2.24) is 4.98 Å². The van der Waals surface area contributed by atoms with E-state index in [1.807, 2.05) is 24.3 Å². The molecule has 214 valence electrons. The fourth-order valence-corrected chi connectivity index (χ4v) is 5.21. The number of hydrogen-bond donors (Lipinski definition) is 0. The minimum absolute atomic E-state index is 0.00767. The van der Waals surface area contributed by atoms with Crippen LogP contribution in [0.15, 0.2) is 48.7 Å². The molecule has 0 bridgehead atoms. The molecule has 5 rings (SSSR count). The second-order valence-electron chi connectivity index (χ2n) is 11.2. The standard InChI is InChI=1S/C30H33F2NO4.C3H6/c1-30(2)12-6-9-25(30)23-14-20(18-37-21-8-5-7-19(13-21)10-11-29(34)36-4)26(31)15-22(23)24-16-28(35-3)33-17-27(24)32;1-2-3-1/h5,7-8,13-17,25H,6,9-12,18H2,1-4H3;1-3H2. The third-order valence-electron chi connectivity index (χ3n) is 7.67. The number of hydrogen-bond acceptors (Lipinski definition) is 5. The van der Waals surface area contributed by atoms with E-state index in [2.05, 4.69) is 18.8 Å². The second kappa shape index (κ2) is 13.2. The largest absolute Gasteiger partial charge is 0.489 e. The highest BCUT2D eigenvalue weighted by atomic mass is 19.1. The lowest BCUT2D eigenvalue weighted by atomic mass is 9.75. The lowest BCUT2D eigenvalue weighted by molar-refractivity contribution is -0.140. The lowest BCUT2D eigenvalue weighted by Crippen LogP contribution is -2.17. The molecule has 2 aromatic carbocycles. The first-order chi connectivity index (χ1) is 19.2. The van der Waals surface area contributed by atoms with Crippen molar-refractivity contribution in [1.29, 1.82) is 0 Å². The molecule has 1 atom stereocenters. The Balaban J connectivity index is 0.00000115. The van der Waals surface area contributed by atoms with Crippen molar-refractivity contribution in [2.45, 2.75) is 77.7 Å². The van der Waals surface area contributed by atoms with Crippen LogP contribution in [-0.4, -0.2) is 25.2 Å². The predicted molar refractivity (Wildman–Crippen MR) is 151 cm³/mol. The number of aromatic nitrogens is 1. The summed E-state index contributed by atoms with van der Waals surface area (Å²) < 4.78 is 46.2. The Kier molecular flexibility index (Phi) is 9.77. The van der Waals surface area contributed by atoms with E-state index in [1.165, 1.54) is 45.6 Å². The zero-order valence-corrected chi connectivity index (χ0v) is 23.9. The van der Waals surface area contributed by atoms with E-state index >= 15 is 4.39 Å². The molecule has 2 fully saturated rings. The van der Waals surface area contributed by atoms with Crippen LogP contribution in [0.5, 0.6) is 11.6 Å².